The monoisotopic (exact) mass is 303 g/mol. The Labute approximate surface area is 121 Å². The third kappa shape index (κ3) is 3.11. The van der Waals surface area contributed by atoms with Crippen molar-refractivity contribution in [1.82, 2.24) is 0 Å². The van der Waals surface area contributed by atoms with Crippen molar-refractivity contribution in [2.24, 2.45) is 11.7 Å². The Bertz CT molecular complexity index is 477. The Hall–Kier alpha value is -1.04. The van der Waals surface area contributed by atoms with E-state index in [2.05, 4.69) is 6.92 Å². The maximum Gasteiger partial charge on any atom is 0.272 e. The van der Waals surface area contributed by atoms with Crippen molar-refractivity contribution in [3.05, 3.63) is 32.3 Å². The molecule has 1 saturated heterocycles. The molecule has 0 radical (unpaired) electrons. The molecule has 0 amide bonds. The molecule has 1 aliphatic heterocycles. The van der Waals surface area contributed by atoms with Crippen LogP contribution in [-0.4, -0.2) is 24.1 Å². The molecule has 2 unspecified atom stereocenters. The summed E-state index contributed by atoms with van der Waals surface area (Å²) < 4.78 is 0. The molecule has 1 aliphatic rings. The van der Waals surface area contributed by atoms with Crippen LogP contribution in [0.25, 0.3) is 0 Å². The quantitative estimate of drug-likeness (QED) is 0.673. The minimum Gasteiger partial charge on any atom is -0.367 e. The van der Waals surface area contributed by atoms with Gasteiger partial charge in [0.25, 0.3) is 5.69 Å². The summed E-state index contributed by atoms with van der Waals surface area (Å²) in [6.07, 6.45) is 0.957. The number of halogens is 2. The van der Waals surface area contributed by atoms with Gasteiger partial charge >= 0.3 is 0 Å². The molecule has 104 valence electrons. The summed E-state index contributed by atoms with van der Waals surface area (Å²) in [7, 11) is 0. The van der Waals surface area contributed by atoms with E-state index in [1.807, 2.05) is 4.90 Å². The highest BCUT2D eigenvalue weighted by Crippen LogP contribution is 2.38. The molecule has 0 spiro atoms. The molecule has 7 heteroatoms. The van der Waals surface area contributed by atoms with Crippen LogP contribution in [0.15, 0.2) is 12.1 Å². The van der Waals surface area contributed by atoms with Crippen molar-refractivity contribution in [1.29, 1.82) is 0 Å². The summed E-state index contributed by atoms with van der Waals surface area (Å²) in [6.45, 7) is 3.56. The number of rotatable bonds is 2. The Morgan fingerprint density at radius 3 is 2.42 bits per heavy atom. The van der Waals surface area contributed by atoms with Gasteiger partial charge in [0.05, 0.1) is 20.7 Å². The van der Waals surface area contributed by atoms with E-state index in [1.165, 1.54) is 12.1 Å². The maximum absolute atomic E-state index is 10.8. The normalized spacial score (nSPS) is 23.5. The summed E-state index contributed by atoms with van der Waals surface area (Å²) in [5.74, 6) is 0.436. The second-order valence-electron chi connectivity index (χ2n) is 5.02. The fourth-order valence-electron chi connectivity index (χ4n) is 2.54. The summed E-state index contributed by atoms with van der Waals surface area (Å²) in [5, 5.41) is 11.3. The van der Waals surface area contributed by atoms with E-state index >= 15 is 0 Å². The molecule has 1 aromatic carbocycles. The lowest BCUT2D eigenvalue weighted by molar-refractivity contribution is -0.384. The van der Waals surface area contributed by atoms with Gasteiger partial charge in [-0.25, -0.2) is 0 Å². The SMILES string of the molecule is CC1CC(N)CN(c2c(Cl)cc([N+](=O)[O-])cc2Cl)C1. The van der Waals surface area contributed by atoms with E-state index in [0.29, 0.717) is 28.2 Å². The molecule has 0 aliphatic carbocycles. The molecular weight excluding hydrogens is 289 g/mol. The Balaban J connectivity index is 2.37. The molecule has 1 fully saturated rings. The number of nitro groups is 1. The number of anilines is 1. The zero-order valence-electron chi connectivity index (χ0n) is 10.5. The highest BCUT2D eigenvalue weighted by Gasteiger charge is 2.26. The third-order valence-corrected chi connectivity index (χ3v) is 3.80. The number of nitrogens with two attached hydrogens (primary N) is 1. The van der Waals surface area contributed by atoms with Crippen LogP contribution in [0.2, 0.25) is 10.0 Å². The minimum absolute atomic E-state index is 0.0612. The van der Waals surface area contributed by atoms with Gasteiger partial charge in [-0.05, 0) is 12.3 Å². The molecular formula is C12H15Cl2N3O2. The molecule has 5 nitrogen and oxygen atoms in total. The van der Waals surface area contributed by atoms with Crippen molar-refractivity contribution in [3.8, 4) is 0 Å². The first-order valence-electron chi connectivity index (χ1n) is 6.02. The van der Waals surface area contributed by atoms with Gasteiger partial charge in [-0.3, -0.25) is 10.1 Å². The zero-order valence-corrected chi connectivity index (χ0v) is 12.0. The predicted molar refractivity (Wildman–Crippen MR) is 77.1 cm³/mol. The van der Waals surface area contributed by atoms with E-state index in [9.17, 15) is 10.1 Å². The van der Waals surface area contributed by atoms with Crippen LogP contribution in [0.4, 0.5) is 11.4 Å². The third-order valence-electron chi connectivity index (χ3n) is 3.22. The molecule has 1 aromatic rings. The second kappa shape index (κ2) is 5.53. The predicted octanol–water partition coefficient (Wildman–Crippen LogP) is 3.08. The largest absolute Gasteiger partial charge is 0.367 e. The highest BCUT2D eigenvalue weighted by molar-refractivity contribution is 6.39. The first-order valence-corrected chi connectivity index (χ1v) is 6.78. The van der Waals surface area contributed by atoms with Crippen LogP contribution in [0.1, 0.15) is 13.3 Å². The fraction of sp³-hybridized carbons (Fsp3) is 0.500. The van der Waals surface area contributed by atoms with Crippen LogP contribution in [0.3, 0.4) is 0 Å². The number of hydrogen-bond acceptors (Lipinski definition) is 4. The second-order valence-corrected chi connectivity index (χ2v) is 5.84. The first-order chi connectivity index (χ1) is 8.88. The lowest BCUT2D eigenvalue weighted by Gasteiger charge is -2.37. The van der Waals surface area contributed by atoms with Crippen molar-refractivity contribution in [3.63, 3.8) is 0 Å². The lowest BCUT2D eigenvalue weighted by Crippen LogP contribution is -2.46. The van der Waals surface area contributed by atoms with Gasteiger partial charge in [0.1, 0.15) is 0 Å². The van der Waals surface area contributed by atoms with Gasteiger partial charge in [0.2, 0.25) is 0 Å². The van der Waals surface area contributed by atoms with E-state index in [0.717, 1.165) is 13.0 Å². The van der Waals surface area contributed by atoms with Crippen LogP contribution >= 0.6 is 23.2 Å². The summed E-state index contributed by atoms with van der Waals surface area (Å²) in [5.41, 5.74) is 6.53. The number of non-ortho nitro benzene ring substituents is 1. The van der Waals surface area contributed by atoms with Crippen molar-refractivity contribution in [2.75, 3.05) is 18.0 Å². The highest BCUT2D eigenvalue weighted by atomic mass is 35.5. The molecule has 2 atom stereocenters. The molecule has 0 saturated carbocycles. The van der Waals surface area contributed by atoms with Gasteiger partial charge in [-0.15, -0.1) is 0 Å². The standard InChI is InChI=1S/C12H15Cl2N3O2/c1-7-2-8(15)6-16(5-7)12-10(13)3-9(17(18)19)4-11(12)14/h3-4,7-8H,2,5-6,15H2,1H3. The molecule has 1 heterocycles. The average molecular weight is 304 g/mol. The minimum atomic E-state index is -0.508. The van der Waals surface area contributed by atoms with E-state index < -0.39 is 4.92 Å². The maximum atomic E-state index is 10.8. The fourth-order valence-corrected chi connectivity index (χ4v) is 3.26. The van der Waals surface area contributed by atoms with E-state index in [4.69, 9.17) is 28.9 Å². The number of piperidine rings is 1. The molecule has 0 aromatic heterocycles. The number of nitrogens with zero attached hydrogens (tertiary/aromatic N) is 2. The van der Waals surface area contributed by atoms with Crippen molar-refractivity contribution in [2.45, 2.75) is 19.4 Å². The number of hydrogen-bond donors (Lipinski definition) is 1. The van der Waals surface area contributed by atoms with Gasteiger partial charge in [-0.1, -0.05) is 30.1 Å². The van der Waals surface area contributed by atoms with E-state index in [1.54, 1.807) is 0 Å². The van der Waals surface area contributed by atoms with Crippen LogP contribution in [0, 0.1) is 16.0 Å². The van der Waals surface area contributed by atoms with Crippen molar-refractivity contribution >= 4 is 34.6 Å². The molecule has 19 heavy (non-hydrogen) atoms. The number of benzene rings is 1. The Morgan fingerprint density at radius 2 is 1.95 bits per heavy atom. The Kier molecular flexibility index (Phi) is 4.18. The van der Waals surface area contributed by atoms with Crippen LogP contribution < -0.4 is 10.6 Å². The summed E-state index contributed by atoms with van der Waals surface area (Å²) in [4.78, 5) is 12.3. The van der Waals surface area contributed by atoms with Gasteiger partial charge in [-0.2, -0.15) is 0 Å². The molecule has 2 N–H and O–H groups in total. The first kappa shape index (κ1) is 14.4. The molecule has 0 bridgehead atoms. The van der Waals surface area contributed by atoms with Crippen LogP contribution in [-0.2, 0) is 0 Å². The van der Waals surface area contributed by atoms with Gasteiger partial charge in [0, 0.05) is 31.3 Å². The zero-order chi connectivity index (χ0) is 14.2. The van der Waals surface area contributed by atoms with Gasteiger partial charge < -0.3 is 10.6 Å². The lowest BCUT2D eigenvalue weighted by atomic mass is 9.96. The topological polar surface area (TPSA) is 72.4 Å². The van der Waals surface area contributed by atoms with Crippen molar-refractivity contribution < 1.29 is 4.92 Å². The number of nitro benzene ring substituents is 1. The Morgan fingerprint density at radius 1 is 1.37 bits per heavy atom. The van der Waals surface area contributed by atoms with Gasteiger partial charge in [0.15, 0.2) is 0 Å². The average Bonchev–Trinajstić information content (AvgIpc) is 2.26. The summed E-state index contributed by atoms with van der Waals surface area (Å²) >= 11 is 12.3. The van der Waals surface area contributed by atoms with Crippen LogP contribution in [0.5, 0.6) is 0 Å². The van der Waals surface area contributed by atoms with E-state index in [-0.39, 0.29) is 11.7 Å². The molecule has 2 rings (SSSR count). The summed E-state index contributed by atoms with van der Waals surface area (Å²) in [6, 6.07) is 2.72. The smallest absolute Gasteiger partial charge is 0.272 e.